The summed E-state index contributed by atoms with van der Waals surface area (Å²) in [5, 5.41) is 22.8. The minimum absolute atomic E-state index is 0.0144. The van der Waals surface area contributed by atoms with Gasteiger partial charge in [0.05, 0.1) is 47.3 Å². The fourth-order valence-electron chi connectivity index (χ4n) is 2.91. The van der Waals surface area contributed by atoms with Gasteiger partial charge in [-0.25, -0.2) is 8.78 Å². The number of methoxy groups -OCH3 is 1. The average Bonchev–Trinajstić information content (AvgIpc) is 2.82. The van der Waals surface area contributed by atoms with Gasteiger partial charge >= 0.3 is 0 Å². The first-order chi connectivity index (χ1) is 16.2. The van der Waals surface area contributed by atoms with Gasteiger partial charge in [0.15, 0.2) is 0 Å². The smallest absolute Gasteiger partial charge is 0.259 e. The van der Waals surface area contributed by atoms with E-state index in [0.29, 0.717) is 7.14 Å². The van der Waals surface area contributed by atoms with Gasteiger partial charge in [-0.2, -0.15) is 10.5 Å². The second kappa shape index (κ2) is 10.8. The lowest BCUT2D eigenvalue weighted by Crippen LogP contribution is -2.18. The standard InChI is InChI=1S/C23H12F2I2N4O3/c1-34-19-3-2-13(22(32)30-20-15(24)4-11(9-28)6-17(20)26)8-14(19)23(33)31-21-16(25)5-12(10-29)7-18(21)27/h2-8H,1H3,(H,30,32)(H,31,33). The summed E-state index contributed by atoms with van der Waals surface area (Å²) in [6, 6.07) is 12.5. The van der Waals surface area contributed by atoms with Crippen molar-refractivity contribution >= 4 is 68.4 Å². The Morgan fingerprint density at radius 3 is 1.79 bits per heavy atom. The summed E-state index contributed by atoms with van der Waals surface area (Å²) in [6.07, 6.45) is 0. The van der Waals surface area contributed by atoms with Gasteiger partial charge in [-0.05, 0) is 87.6 Å². The summed E-state index contributed by atoms with van der Waals surface area (Å²) in [6.45, 7) is 0. The summed E-state index contributed by atoms with van der Waals surface area (Å²) < 4.78 is 34.6. The molecule has 3 rings (SSSR count). The number of hydrogen-bond donors (Lipinski definition) is 2. The van der Waals surface area contributed by atoms with Crippen molar-refractivity contribution in [1.29, 1.82) is 10.5 Å². The van der Waals surface area contributed by atoms with Crippen molar-refractivity contribution in [2.45, 2.75) is 0 Å². The lowest BCUT2D eigenvalue weighted by molar-refractivity contribution is 0.102. The number of halogens is 4. The molecular formula is C23H12F2I2N4O3. The van der Waals surface area contributed by atoms with E-state index in [1.165, 1.54) is 37.4 Å². The molecule has 7 nitrogen and oxygen atoms in total. The van der Waals surface area contributed by atoms with Crippen molar-refractivity contribution in [1.82, 2.24) is 0 Å². The van der Waals surface area contributed by atoms with Crippen LogP contribution in [0.4, 0.5) is 20.2 Å². The molecule has 0 spiro atoms. The maximum atomic E-state index is 14.4. The molecule has 0 saturated heterocycles. The third-order valence-electron chi connectivity index (χ3n) is 4.53. The van der Waals surface area contributed by atoms with Crippen molar-refractivity contribution in [2.24, 2.45) is 0 Å². The SMILES string of the molecule is COc1ccc(C(=O)Nc2c(F)cc(C#N)cc2I)cc1C(=O)Nc1c(F)cc(C#N)cc1I. The van der Waals surface area contributed by atoms with Crippen molar-refractivity contribution in [2.75, 3.05) is 17.7 Å². The van der Waals surface area contributed by atoms with E-state index in [2.05, 4.69) is 10.6 Å². The molecule has 0 heterocycles. The second-order valence-electron chi connectivity index (χ2n) is 6.68. The number of hydrogen-bond acceptors (Lipinski definition) is 5. The summed E-state index contributed by atoms with van der Waals surface area (Å²) >= 11 is 3.58. The molecule has 11 heteroatoms. The number of amides is 2. The lowest BCUT2D eigenvalue weighted by Gasteiger charge is -2.14. The Morgan fingerprint density at radius 1 is 0.853 bits per heavy atom. The van der Waals surface area contributed by atoms with Crippen LogP contribution in [0.3, 0.4) is 0 Å². The quantitative estimate of drug-likeness (QED) is 0.348. The number of nitrogens with one attached hydrogen (secondary N) is 2. The molecule has 0 atom stereocenters. The van der Waals surface area contributed by atoms with Gasteiger partial charge in [-0.15, -0.1) is 0 Å². The van der Waals surface area contributed by atoms with Gasteiger partial charge in [0.1, 0.15) is 17.4 Å². The summed E-state index contributed by atoms with van der Waals surface area (Å²) in [7, 11) is 1.33. The first-order valence-corrected chi connectivity index (χ1v) is 11.4. The topological polar surface area (TPSA) is 115 Å². The van der Waals surface area contributed by atoms with Crippen molar-refractivity contribution in [3.63, 3.8) is 0 Å². The number of anilines is 2. The van der Waals surface area contributed by atoms with E-state index in [4.69, 9.17) is 15.3 Å². The number of nitrogens with zero attached hydrogens (tertiary/aromatic N) is 2. The number of nitriles is 2. The Morgan fingerprint density at radius 2 is 1.35 bits per heavy atom. The third kappa shape index (κ3) is 5.43. The van der Waals surface area contributed by atoms with Gasteiger partial charge in [-0.1, -0.05) is 0 Å². The third-order valence-corrected chi connectivity index (χ3v) is 6.23. The molecule has 170 valence electrons. The zero-order valence-corrected chi connectivity index (χ0v) is 21.5. The Labute approximate surface area is 220 Å². The van der Waals surface area contributed by atoms with E-state index in [1.54, 1.807) is 45.2 Å². The molecule has 0 fully saturated rings. The van der Waals surface area contributed by atoms with Crippen LogP contribution >= 0.6 is 45.2 Å². The van der Waals surface area contributed by atoms with E-state index in [0.717, 1.165) is 12.1 Å². The van der Waals surface area contributed by atoms with Crippen LogP contribution in [-0.4, -0.2) is 18.9 Å². The molecule has 3 aromatic carbocycles. The van der Waals surface area contributed by atoms with E-state index >= 15 is 0 Å². The zero-order valence-electron chi connectivity index (χ0n) is 17.2. The first-order valence-electron chi connectivity index (χ1n) is 9.27. The van der Waals surface area contributed by atoms with E-state index in [1.807, 2.05) is 12.1 Å². The Balaban J connectivity index is 1.92. The van der Waals surface area contributed by atoms with Gasteiger partial charge < -0.3 is 15.4 Å². The monoisotopic (exact) mass is 684 g/mol. The Hall–Kier alpha value is -3.30. The Kier molecular flexibility index (Phi) is 8.01. The highest BCUT2D eigenvalue weighted by atomic mass is 127. The van der Waals surface area contributed by atoms with E-state index < -0.39 is 23.4 Å². The molecule has 0 aliphatic rings. The highest BCUT2D eigenvalue weighted by Crippen LogP contribution is 2.28. The highest BCUT2D eigenvalue weighted by molar-refractivity contribution is 14.1. The number of rotatable bonds is 5. The molecule has 0 saturated carbocycles. The predicted octanol–water partition coefficient (Wildman–Crippen LogP) is 5.43. The summed E-state index contributed by atoms with van der Waals surface area (Å²) in [4.78, 5) is 25.7. The second-order valence-corrected chi connectivity index (χ2v) is 9.00. The predicted molar refractivity (Wildman–Crippen MR) is 137 cm³/mol. The van der Waals surface area contributed by atoms with Crippen LogP contribution in [0, 0.1) is 41.4 Å². The largest absolute Gasteiger partial charge is 0.496 e. The number of carbonyl (C=O) groups excluding carboxylic acids is 2. The van der Waals surface area contributed by atoms with Crippen LogP contribution in [0.15, 0.2) is 42.5 Å². The molecule has 0 aliphatic heterocycles. The molecule has 34 heavy (non-hydrogen) atoms. The maximum absolute atomic E-state index is 14.4. The fourth-order valence-corrected chi connectivity index (χ4v) is 4.36. The van der Waals surface area contributed by atoms with Crippen molar-refractivity contribution < 1.29 is 23.1 Å². The molecular weight excluding hydrogens is 672 g/mol. The summed E-state index contributed by atoms with van der Waals surface area (Å²) in [5.74, 6) is -2.92. The zero-order chi connectivity index (χ0) is 25.0. The number of benzene rings is 3. The molecule has 2 amide bonds. The molecule has 2 N–H and O–H groups in total. The van der Waals surface area contributed by atoms with Crippen LogP contribution in [-0.2, 0) is 0 Å². The molecule has 0 unspecified atom stereocenters. The fraction of sp³-hybridized carbons (Fsp3) is 0.0435. The lowest BCUT2D eigenvalue weighted by atomic mass is 10.1. The van der Waals surface area contributed by atoms with Crippen LogP contribution in [0.1, 0.15) is 31.8 Å². The molecule has 0 aliphatic carbocycles. The van der Waals surface area contributed by atoms with E-state index in [9.17, 15) is 18.4 Å². The van der Waals surface area contributed by atoms with Gasteiger partial charge in [0.25, 0.3) is 11.8 Å². The number of carbonyl (C=O) groups is 2. The van der Waals surface area contributed by atoms with Crippen molar-refractivity contribution in [3.8, 4) is 17.9 Å². The first kappa shape index (κ1) is 25.3. The summed E-state index contributed by atoms with van der Waals surface area (Å²) in [5.41, 5.74) is -0.0876. The van der Waals surface area contributed by atoms with Gasteiger partial charge in [-0.3, -0.25) is 9.59 Å². The van der Waals surface area contributed by atoms with Crippen molar-refractivity contribution in [3.05, 3.63) is 83.5 Å². The van der Waals surface area contributed by atoms with Crippen LogP contribution in [0.2, 0.25) is 0 Å². The highest BCUT2D eigenvalue weighted by Gasteiger charge is 2.20. The molecule has 3 aromatic rings. The van der Waals surface area contributed by atoms with Gasteiger partial charge in [0.2, 0.25) is 0 Å². The minimum Gasteiger partial charge on any atom is -0.496 e. The maximum Gasteiger partial charge on any atom is 0.259 e. The normalized spacial score (nSPS) is 10.1. The van der Waals surface area contributed by atoms with Gasteiger partial charge in [0, 0.05) is 12.7 Å². The number of ether oxygens (including phenoxy) is 1. The van der Waals surface area contributed by atoms with Crippen LogP contribution < -0.4 is 15.4 Å². The molecule has 0 aromatic heterocycles. The average molecular weight is 684 g/mol. The van der Waals surface area contributed by atoms with Crippen LogP contribution in [0.5, 0.6) is 5.75 Å². The van der Waals surface area contributed by atoms with E-state index in [-0.39, 0.29) is 39.4 Å². The Bertz CT molecular complexity index is 1370. The minimum atomic E-state index is -0.796. The molecule has 0 radical (unpaired) electrons. The van der Waals surface area contributed by atoms with Crippen LogP contribution in [0.25, 0.3) is 0 Å². The molecule has 0 bridgehead atoms.